The van der Waals surface area contributed by atoms with Crippen LogP contribution in [0.3, 0.4) is 0 Å². The van der Waals surface area contributed by atoms with Crippen LogP contribution in [0.5, 0.6) is 5.75 Å². The van der Waals surface area contributed by atoms with Crippen molar-refractivity contribution in [2.75, 3.05) is 33.3 Å². The zero-order valence-corrected chi connectivity index (χ0v) is 11.3. The van der Waals surface area contributed by atoms with E-state index < -0.39 is 0 Å². The number of hydrogen-bond donors (Lipinski definition) is 1. The molecule has 3 heteroatoms. The van der Waals surface area contributed by atoms with E-state index in [-0.39, 0.29) is 0 Å². The summed E-state index contributed by atoms with van der Waals surface area (Å²) < 4.78 is 5.82. The predicted octanol–water partition coefficient (Wildman–Crippen LogP) is 1.74. The third-order valence-electron chi connectivity index (χ3n) is 2.77. The number of nitrogens with one attached hydrogen (secondary N) is 1. The molecular formula is C15H22N2O. The largest absolute Gasteiger partial charge is 0.492 e. The van der Waals surface area contributed by atoms with Gasteiger partial charge in [0, 0.05) is 18.7 Å². The molecule has 0 amide bonds. The van der Waals surface area contributed by atoms with Crippen LogP contribution < -0.4 is 10.1 Å². The first-order valence-electron chi connectivity index (χ1n) is 6.33. The Balaban J connectivity index is 2.45. The molecule has 0 saturated carbocycles. The Bertz CT molecular complexity index is 384. The van der Waals surface area contributed by atoms with Crippen LogP contribution in [0.1, 0.15) is 12.5 Å². The van der Waals surface area contributed by atoms with E-state index in [2.05, 4.69) is 29.1 Å². The maximum absolute atomic E-state index is 5.82. The SMILES string of the molecule is C#CCN(CC)CCOc1ccccc1CNC. The number of likely N-dealkylation sites (N-methyl/N-ethyl adjacent to an activating group) is 1. The van der Waals surface area contributed by atoms with E-state index in [1.807, 2.05) is 25.2 Å². The van der Waals surface area contributed by atoms with Crippen LogP contribution in [-0.2, 0) is 6.54 Å². The minimum absolute atomic E-state index is 0.663. The highest BCUT2D eigenvalue weighted by Crippen LogP contribution is 2.17. The molecule has 0 radical (unpaired) electrons. The lowest BCUT2D eigenvalue weighted by atomic mass is 10.2. The molecular weight excluding hydrogens is 224 g/mol. The molecule has 0 aliphatic heterocycles. The topological polar surface area (TPSA) is 24.5 Å². The fourth-order valence-corrected chi connectivity index (χ4v) is 1.74. The number of rotatable bonds is 8. The highest BCUT2D eigenvalue weighted by molar-refractivity contribution is 5.33. The van der Waals surface area contributed by atoms with Crippen molar-refractivity contribution < 1.29 is 4.74 Å². The van der Waals surface area contributed by atoms with Gasteiger partial charge in [-0.25, -0.2) is 0 Å². The van der Waals surface area contributed by atoms with E-state index >= 15 is 0 Å². The first-order valence-corrected chi connectivity index (χ1v) is 6.33. The highest BCUT2D eigenvalue weighted by atomic mass is 16.5. The Morgan fingerprint density at radius 1 is 1.39 bits per heavy atom. The van der Waals surface area contributed by atoms with E-state index in [0.717, 1.165) is 25.4 Å². The van der Waals surface area contributed by atoms with Crippen molar-refractivity contribution in [3.05, 3.63) is 29.8 Å². The molecule has 1 rings (SSSR count). The second-order valence-corrected chi connectivity index (χ2v) is 4.06. The highest BCUT2D eigenvalue weighted by Gasteiger charge is 2.03. The minimum atomic E-state index is 0.663. The Morgan fingerprint density at radius 2 is 2.17 bits per heavy atom. The maximum atomic E-state index is 5.82. The molecule has 0 unspecified atom stereocenters. The van der Waals surface area contributed by atoms with Crippen LogP contribution in [0.2, 0.25) is 0 Å². The molecule has 18 heavy (non-hydrogen) atoms. The average molecular weight is 246 g/mol. The zero-order chi connectivity index (χ0) is 13.2. The molecule has 98 valence electrons. The average Bonchev–Trinajstić information content (AvgIpc) is 2.40. The van der Waals surface area contributed by atoms with Gasteiger partial charge in [0.05, 0.1) is 6.54 Å². The smallest absolute Gasteiger partial charge is 0.123 e. The maximum Gasteiger partial charge on any atom is 0.123 e. The normalized spacial score (nSPS) is 10.3. The van der Waals surface area contributed by atoms with Crippen LogP contribution in [-0.4, -0.2) is 38.2 Å². The fourth-order valence-electron chi connectivity index (χ4n) is 1.74. The van der Waals surface area contributed by atoms with Crippen molar-refractivity contribution in [1.29, 1.82) is 0 Å². The van der Waals surface area contributed by atoms with E-state index in [4.69, 9.17) is 11.2 Å². The lowest BCUT2D eigenvalue weighted by molar-refractivity contribution is 0.230. The molecule has 0 atom stereocenters. The molecule has 0 bridgehead atoms. The van der Waals surface area contributed by atoms with Gasteiger partial charge in [0.25, 0.3) is 0 Å². The Hall–Kier alpha value is -1.50. The number of nitrogens with zero attached hydrogens (tertiary/aromatic N) is 1. The standard InChI is InChI=1S/C15H22N2O/c1-4-10-17(5-2)11-12-18-15-9-7-6-8-14(15)13-16-3/h1,6-9,16H,5,10-13H2,2-3H3. The minimum Gasteiger partial charge on any atom is -0.492 e. The third kappa shape index (κ3) is 4.79. The second-order valence-electron chi connectivity index (χ2n) is 4.06. The van der Waals surface area contributed by atoms with Crippen molar-refractivity contribution in [2.24, 2.45) is 0 Å². The van der Waals surface area contributed by atoms with Crippen molar-refractivity contribution >= 4 is 0 Å². The lowest BCUT2D eigenvalue weighted by Crippen LogP contribution is -2.28. The van der Waals surface area contributed by atoms with Crippen LogP contribution in [0.15, 0.2) is 24.3 Å². The molecule has 0 saturated heterocycles. The summed E-state index contributed by atoms with van der Waals surface area (Å²) in [4.78, 5) is 2.18. The quantitative estimate of drug-likeness (QED) is 0.707. The molecule has 1 N–H and O–H groups in total. The summed E-state index contributed by atoms with van der Waals surface area (Å²) in [5, 5.41) is 3.14. The number of ether oxygens (including phenoxy) is 1. The fraction of sp³-hybridized carbons (Fsp3) is 0.467. The van der Waals surface area contributed by atoms with Crippen molar-refractivity contribution in [1.82, 2.24) is 10.2 Å². The molecule has 0 heterocycles. The summed E-state index contributed by atoms with van der Waals surface area (Å²) in [5.74, 6) is 3.61. The number of benzene rings is 1. The van der Waals surface area contributed by atoms with Gasteiger partial charge in [0.15, 0.2) is 0 Å². The Kier molecular flexibility index (Phi) is 6.93. The summed E-state index contributed by atoms with van der Waals surface area (Å²) in [6.45, 7) is 6.07. The zero-order valence-electron chi connectivity index (χ0n) is 11.3. The second kappa shape index (κ2) is 8.57. The Labute approximate surface area is 110 Å². The predicted molar refractivity (Wildman–Crippen MR) is 75.6 cm³/mol. The van der Waals surface area contributed by atoms with Crippen molar-refractivity contribution in [3.63, 3.8) is 0 Å². The van der Waals surface area contributed by atoms with E-state index in [0.29, 0.717) is 13.2 Å². The molecule has 0 fully saturated rings. The van der Waals surface area contributed by atoms with Gasteiger partial charge in [-0.05, 0) is 19.7 Å². The van der Waals surface area contributed by atoms with E-state index in [9.17, 15) is 0 Å². The van der Waals surface area contributed by atoms with Gasteiger partial charge in [-0.2, -0.15) is 0 Å². The van der Waals surface area contributed by atoms with Crippen molar-refractivity contribution in [3.8, 4) is 18.1 Å². The van der Waals surface area contributed by atoms with Crippen LogP contribution in [0.25, 0.3) is 0 Å². The molecule has 0 aliphatic carbocycles. The van der Waals surface area contributed by atoms with Crippen molar-refractivity contribution in [2.45, 2.75) is 13.5 Å². The number of terminal acetylenes is 1. The lowest BCUT2D eigenvalue weighted by Gasteiger charge is -2.18. The van der Waals surface area contributed by atoms with Gasteiger partial charge >= 0.3 is 0 Å². The summed E-state index contributed by atoms with van der Waals surface area (Å²) in [6.07, 6.45) is 5.31. The summed E-state index contributed by atoms with van der Waals surface area (Å²) >= 11 is 0. The molecule has 1 aromatic rings. The van der Waals surface area contributed by atoms with Gasteiger partial charge in [-0.15, -0.1) is 6.42 Å². The van der Waals surface area contributed by atoms with E-state index in [1.165, 1.54) is 5.56 Å². The molecule has 0 aliphatic rings. The monoisotopic (exact) mass is 246 g/mol. The van der Waals surface area contributed by atoms with Gasteiger partial charge in [0.2, 0.25) is 0 Å². The van der Waals surface area contributed by atoms with E-state index in [1.54, 1.807) is 0 Å². The Morgan fingerprint density at radius 3 is 2.83 bits per heavy atom. The van der Waals surface area contributed by atoms with Crippen LogP contribution >= 0.6 is 0 Å². The molecule has 3 nitrogen and oxygen atoms in total. The molecule has 1 aromatic carbocycles. The summed E-state index contributed by atoms with van der Waals surface area (Å²) in [5.41, 5.74) is 1.18. The first kappa shape index (κ1) is 14.6. The van der Waals surface area contributed by atoms with Crippen LogP contribution in [0.4, 0.5) is 0 Å². The van der Waals surface area contributed by atoms with Gasteiger partial charge < -0.3 is 10.1 Å². The molecule has 0 spiro atoms. The van der Waals surface area contributed by atoms with Gasteiger partial charge in [-0.3, -0.25) is 4.90 Å². The van der Waals surface area contributed by atoms with Gasteiger partial charge in [0.1, 0.15) is 12.4 Å². The number of para-hydroxylation sites is 1. The van der Waals surface area contributed by atoms with Crippen LogP contribution in [0, 0.1) is 12.3 Å². The number of hydrogen-bond acceptors (Lipinski definition) is 3. The first-order chi connectivity index (χ1) is 8.81. The summed E-state index contributed by atoms with van der Waals surface area (Å²) in [7, 11) is 1.93. The van der Waals surface area contributed by atoms with Gasteiger partial charge in [-0.1, -0.05) is 31.0 Å². The third-order valence-corrected chi connectivity index (χ3v) is 2.77. The molecule has 0 aromatic heterocycles. The summed E-state index contributed by atoms with van der Waals surface area (Å²) in [6, 6.07) is 8.10.